The molecule has 0 bridgehead atoms. The summed E-state index contributed by atoms with van der Waals surface area (Å²) in [4.78, 5) is 20.9. The summed E-state index contributed by atoms with van der Waals surface area (Å²) in [5.41, 5.74) is 2.67. The van der Waals surface area contributed by atoms with Gasteiger partial charge in [0.2, 0.25) is 0 Å². The minimum atomic E-state index is -4.32. The van der Waals surface area contributed by atoms with Crippen molar-refractivity contribution in [3.63, 3.8) is 0 Å². The van der Waals surface area contributed by atoms with Crippen molar-refractivity contribution >= 4 is 11.6 Å². The molecule has 0 radical (unpaired) electrons. The lowest BCUT2D eigenvalue weighted by Gasteiger charge is -2.14. The standard InChI is InChI=1S/C25H23F3N6O/c1-3-16(2)34-15-31-33-23(34)18-5-4-6-20(11-18)32-24(35)22-12-17(9-10-29-22)19-7-8-21(30-14-19)13-25(26,27)28/h4-12,14-16H,3,13H2,1-2H3,(H,32,35). The number of carbonyl (C=O) groups is 1. The Labute approximate surface area is 200 Å². The smallest absolute Gasteiger partial charge is 0.321 e. The van der Waals surface area contributed by atoms with E-state index in [0.29, 0.717) is 22.6 Å². The van der Waals surface area contributed by atoms with E-state index >= 15 is 0 Å². The van der Waals surface area contributed by atoms with E-state index in [0.717, 1.165) is 12.0 Å². The minimum absolute atomic E-state index is 0.0719. The van der Waals surface area contributed by atoms with Crippen LogP contribution in [0, 0.1) is 0 Å². The Balaban J connectivity index is 1.51. The maximum atomic E-state index is 12.9. The largest absolute Gasteiger partial charge is 0.394 e. The van der Waals surface area contributed by atoms with Crippen LogP contribution in [-0.2, 0) is 6.42 Å². The van der Waals surface area contributed by atoms with Crippen molar-refractivity contribution in [1.29, 1.82) is 0 Å². The van der Waals surface area contributed by atoms with Crippen LogP contribution in [0.3, 0.4) is 0 Å². The van der Waals surface area contributed by atoms with E-state index in [9.17, 15) is 18.0 Å². The van der Waals surface area contributed by atoms with Gasteiger partial charge in [-0.25, -0.2) is 0 Å². The van der Waals surface area contributed by atoms with Crippen molar-refractivity contribution in [1.82, 2.24) is 24.7 Å². The number of aromatic nitrogens is 5. The molecule has 3 heterocycles. The van der Waals surface area contributed by atoms with Crippen molar-refractivity contribution in [2.24, 2.45) is 0 Å². The van der Waals surface area contributed by atoms with Crippen LogP contribution in [0.5, 0.6) is 0 Å². The highest BCUT2D eigenvalue weighted by molar-refractivity contribution is 6.03. The molecular formula is C25H23F3N6O. The summed E-state index contributed by atoms with van der Waals surface area (Å²) in [5.74, 6) is 0.283. The first-order chi connectivity index (χ1) is 16.7. The summed E-state index contributed by atoms with van der Waals surface area (Å²) in [7, 11) is 0. The second kappa shape index (κ2) is 10.0. The maximum Gasteiger partial charge on any atom is 0.394 e. The monoisotopic (exact) mass is 480 g/mol. The summed E-state index contributed by atoms with van der Waals surface area (Å²) >= 11 is 0. The number of nitrogens with zero attached hydrogens (tertiary/aromatic N) is 5. The van der Waals surface area contributed by atoms with E-state index in [1.165, 1.54) is 18.5 Å². The second-order valence-electron chi connectivity index (χ2n) is 8.11. The number of carbonyl (C=O) groups excluding carboxylic acids is 1. The zero-order chi connectivity index (χ0) is 25.0. The van der Waals surface area contributed by atoms with Gasteiger partial charge >= 0.3 is 6.18 Å². The summed E-state index contributed by atoms with van der Waals surface area (Å²) in [6, 6.07) is 13.6. The van der Waals surface area contributed by atoms with Crippen molar-refractivity contribution in [2.45, 2.75) is 38.9 Å². The van der Waals surface area contributed by atoms with Gasteiger partial charge in [-0.1, -0.05) is 25.1 Å². The number of amides is 1. The summed E-state index contributed by atoms with van der Waals surface area (Å²) in [6.45, 7) is 4.16. The SMILES string of the molecule is CCC(C)n1cnnc1-c1cccc(NC(=O)c2cc(-c3ccc(CC(F)(F)F)nc3)ccn2)c1. The molecule has 4 aromatic rings. The highest BCUT2D eigenvalue weighted by Crippen LogP contribution is 2.26. The average Bonchev–Trinajstić information content (AvgIpc) is 3.33. The quantitative estimate of drug-likeness (QED) is 0.365. The molecule has 180 valence electrons. The summed E-state index contributed by atoms with van der Waals surface area (Å²) < 4.78 is 39.7. The van der Waals surface area contributed by atoms with Gasteiger partial charge in [-0.2, -0.15) is 13.2 Å². The second-order valence-corrected chi connectivity index (χ2v) is 8.11. The number of alkyl halides is 3. The number of hydrogen-bond acceptors (Lipinski definition) is 5. The molecule has 0 aliphatic carbocycles. The van der Waals surface area contributed by atoms with Crippen LogP contribution in [0.1, 0.15) is 42.5 Å². The molecule has 0 fully saturated rings. The van der Waals surface area contributed by atoms with Gasteiger partial charge in [-0.3, -0.25) is 14.8 Å². The molecule has 0 spiro atoms. The molecule has 1 unspecified atom stereocenters. The fourth-order valence-corrected chi connectivity index (χ4v) is 3.54. The van der Waals surface area contributed by atoms with Crippen LogP contribution >= 0.6 is 0 Å². The number of benzene rings is 1. The van der Waals surface area contributed by atoms with E-state index in [2.05, 4.69) is 39.3 Å². The normalized spacial score (nSPS) is 12.4. The first kappa shape index (κ1) is 24.1. The zero-order valence-electron chi connectivity index (χ0n) is 19.1. The lowest BCUT2D eigenvalue weighted by molar-refractivity contribution is -0.127. The number of anilines is 1. The third-order valence-corrected chi connectivity index (χ3v) is 5.55. The maximum absolute atomic E-state index is 12.9. The first-order valence-corrected chi connectivity index (χ1v) is 11.0. The number of halogens is 3. The highest BCUT2D eigenvalue weighted by atomic mass is 19.4. The lowest BCUT2D eigenvalue weighted by Crippen LogP contribution is -2.14. The molecule has 3 aromatic heterocycles. The van der Waals surface area contributed by atoms with E-state index in [1.54, 1.807) is 30.6 Å². The van der Waals surface area contributed by atoms with Crippen LogP contribution in [0.15, 0.2) is 67.3 Å². The summed E-state index contributed by atoms with van der Waals surface area (Å²) in [6.07, 6.45) is 0.0222. The van der Waals surface area contributed by atoms with Crippen LogP contribution in [0.2, 0.25) is 0 Å². The molecule has 1 amide bonds. The molecule has 10 heteroatoms. The van der Waals surface area contributed by atoms with Gasteiger partial charge < -0.3 is 9.88 Å². The van der Waals surface area contributed by atoms with Crippen molar-refractivity contribution in [3.05, 3.63) is 78.6 Å². The van der Waals surface area contributed by atoms with Crippen LogP contribution in [-0.4, -0.2) is 36.8 Å². The molecule has 1 atom stereocenters. The molecule has 35 heavy (non-hydrogen) atoms. The Morgan fingerprint density at radius 3 is 2.60 bits per heavy atom. The minimum Gasteiger partial charge on any atom is -0.321 e. The Morgan fingerprint density at radius 1 is 1.06 bits per heavy atom. The molecule has 1 N–H and O–H groups in total. The van der Waals surface area contributed by atoms with Gasteiger partial charge in [0.25, 0.3) is 5.91 Å². The average molecular weight is 480 g/mol. The molecule has 7 nitrogen and oxygen atoms in total. The van der Waals surface area contributed by atoms with E-state index in [1.807, 2.05) is 22.8 Å². The lowest BCUT2D eigenvalue weighted by atomic mass is 10.1. The molecule has 0 saturated carbocycles. The van der Waals surface area contributed by atoms with E-state index < -0.39 is 18.5 Å². The van der Waals surface area contributed by atoms with Crippen molar-refractivity contribution < 1.29 is 18.0 Å². The highest BCUT2D eigenvalue weighted by Gasteiger charge is 2.28. The fourth-order valence-electron chi connectivity index (χ4n) is 3.54. The number of pyridine rings is 2. The number of hydrogen-bond donors (Lipinski definition) is 1. The van der Waals surface area contributed by atoms with Crippen LogP contribution in [0.25, 0.3) is 22.5 Å². The van der Waals surface area contributed by atoms with E-state index in [4.69, 9.17) is 0 Å². The number of rotatable bonds is 7. The Morgan fingerprint density at radius 2 is 1.89 bits per heavy atom. The topological polar surface area (TPSA) is 85.6 Å². The van der Waals surface area contributed by atoms with Gasteiger partial charge in [0.1, 0.15) is 12.0 Å². The van der Waals surface area contributed by atoms with Gasteiger partial charge in [0, 0.05) is 40.9 Å². The predicted molar refractivity (Wildman–Crippen MR) is 126 cm³/mol. The Hall–Kier alpha value is -4.08. The fraction of sp³-hybridized carbons (Fsp3) is 0.240. The molecular weight excluding hydrogens is 457 g/mol. The van der Waals surface area contributed by atoms with Gasteiger partial charge in [0.05, 0.1) is 6.42 Å². The Kier molecular flexibility index (Phi) is 6.90. The number of nitrogens with one attached hydrogen (secondary N) is 1. The van der Waals surface area contributed by atoms with Crippen LogP contribution < -0.4 is 5.32 Å². The van der Waals surface area contributed by atoms with Gasteiger partial charge in [-0.15, -0.1) is 10.2 Å². The van der Waals surface area contributed by atoms with Crippen molar-refractivity contribution in [3.8, 4) is 22.5 Å². The molecule has 4 rings (SSSR count). The Bertz CT molecular complexity index is 1320. The van der Waals surface area contributed by atoms with Crippen LogP contribution in [0.4, 0.5) is 18.9 Å². The predicted octanol–water partition coefficient (Wildman–Crippen LogP) is 5.73. The molecule has 0 aliphatic rings. The van der Waals surface area contributed by atoms with Gasteiger partial charge in [-0.05, 0) is 49.2 Å². The van der Waals surface area contributed by atoms with Crippen molar-refractivity contribution in [2.75, 3.05) is 5.32 Å². The van der Waals surface area contributed by atoms with E-state index in [-0.39, 0.29) is 17.4 Å². The first-order valence-electron chi connectivity index (χ1n) is 11.0. The zero-order valence-corrected chi connectivity index (χ0v) is 19.1. The third-order valence-electron chi connectivity index (χ3n) is 5.55. The summed E-state index contributed by atoms with van der Waals surface area (Å²) in [5, 5.41) is 11.1. The van der Waals surface area contributed by atoms with Gasteiger partial charge in [0.15, 0.2) is 5.82 Å². The molecule has 0 aliphatic heterocycles. The molecule has 1 aromatic carbocycles. The molecule has 0 saturated heterocycles. The third kappa shape index (κ3) is 5.89.